The molecule has 1 unspecified atom stereocenters. The first-order chi connectivity index (χ1) is 6.05. The van der Waals surface area contributed by atoms with Crippen LogP contribution in [0.25, 0.3) is 0 Å². The molecule has 0 aromatic heterocycles. The van der Waals surface area contributed by atoms with E-state index in [1.54, 1.807) is 5.19 Å². The van der Waals surface area contributed by atoms with E-state index in [-0.39, 0.29) is 0 Å². The quantitative estimate of drug-likeness (QED) is 0.632. The van der Waals surface area contributed by atoms with Crippen LogP contribution in [0.5, 0.6) is 0 Å². The van der Waals surface area contributed by atoms with Crippen LogP contribution < -0.4 is 5.19 Å². The summed E-state index contributed by atoms with van der Waals surface area (Å²) in [7, 11) is -0.760. The van der Waals surface area contributed by atoms with Crippen molar-refractivity contribution in [1.82, 2.24) is 0 Å². The first-order valence-electron chi connectivity index (χ1n) is 5.10. The van der Waals surface area contributed by atoms with Crippen LogP contribution in [0.2, 0.25) is 11.1 Å². The topological polar surface area (TPSA) is 0 Å². The van der Waals surface area contributed by atoms with Gasteiger partial charge in [0, 0.05) is 0 Å². The Kier molecular flexibility index (Phi) is 3.31. The maximum absolute atomic E-state index is 2.38. The number of rotatable bonds is 2. The Labute approximate surface area is 83.6 Å². The predicted octanol–water partition coefficient (Wildman–Crippen LogP) is 2.94. The van der Waals surface area contributed by atoms with Crippen LogP contribution in [0.1, 0.15) is 27.7 Å². The average Bonchev–Trinajstić information content (AvgIpc) is 2.05. The maximum atomic E-state index is 2.38. The van der Waals surface area contributed by atoms with Gasteiger partial charge < -0.3 is 0 Å². The molecule has 0 fully saturated rings. The molecule has 1 rings (SSSR count). The van der Waals surface area contributed by atoms with Crippen molar-refractivity contribution in [2.45, 2.75) is 38.8 Å². The van der Waals surface area contributed by atoms with E-state index in [0.717, 1.165) is 0 Å². The van der Waals surface area contributed by atoms with E-state index in [1.165, 1.54) is 6.04 Å². The first-order valence-corrected chi connectivity index (χ1v) is 7.07. The van der Waals surface area contributed by atoms with Crippen LogP contribution in [0.3, 0.4) is 0 Å². The van der Waals surface area contributed by atoms with Gasteiger partial charge in [0.25, 0.3) is 0 Å². The van der Waals surface area contributed by atoms with Crippen molar-refractivity contribution in [3.05, 3.63) is 30.3 Å². The molecule has 72 valence electrons. The van der Waals surface area contributed by atoms with Gasteiger partial charge in [0.15, 0.2) is 0 Å². The van der Waals surface area contributed by atoms with Crippen molar-refractivity contribution in [3.63, 3.8) is 0 Å². The molecule has 1 atom stereocenters. The molecule has 1 aromatic carbocycles. The van der Waals surface area contributed by atoms with Crippen LogP contribution in [-0.4, -0.2) is 8.80 Å². The van der Waals surface area contributed by atoms with Crippen molar-refractivity contribution < 1.29 is 0 Å². The average molecular weight is 192 g/mol. The normalized spacial score (nSPS) is 14.2. The highest BCUT2D eigenvalue weighted by atomic mass is 28.3. The fraction of sp³-hybridized carbons (Fsp3) is 0.500. The molecule has 0 aliphatic rings. The summed E-state index contributed by atoms with van der Waals surface area (Å²) in [6.45, 7) is 9.45. The smallest absolute Gasteiger partial charge is 0.0677 e. The molecular formula is C12H20Si. The van der Waals surface area contributed by atoms with Gasteiger partial charge in [-0.25, -0.2) is 0 Å². The van der Waals surface area contributed by atoms with E-state index in [2.05, 4.69) is 58.0 Å². The lowest BCUT2D eigenvalue weighted by molar-refractivity contribution is 0.740. The van der Waals surface area contributed by atoms with E-state index in [0.29, 0.717) is 5.04 Å². The summed E-state index contributed by atoms with van der Waals surface area (Å²) in [5.41, 5.74) is 0. The highest BCUT2D eigenvalue weighted by Crippen LogP contribution is 2.28. The van der Waals surface area contributed by atoms with Gasteiger partial charge in [0.2, 0.25) is 0 Å². The van der Waals surface area contributed by atoms with Crippen LogP contribution in [0.15, 0.2) is 30.3 Å². The summed E-state index contributed by atoms with van der Waals surface area (Å²) in [5.74, 6) is 0. The molecular weight excluding hydrogens is 172 g/mol. The maximum Gasteiger partial charge on any atom is 0.0758 e. The number of hydrogen-bond acceptors (Lipinski definition) is 0. The molecule has 0 aliphatic heterocycles. The van der Waals surface area contributed by atoms with Crippen molar-refractivity contribution in [3.8, 4) is 0 Å². The molecule has 0 spiro atoms. The standard InChI is InChI=1S/C12H20Si/c1-5-13(12(2,3)4)11-9-7-6-8-10-11/h6-10,13H,5H2,1-4H3. The van der Waals surface area contributed by atoms with Crippen molar-refractivity contribution in [2.24, 2.45) is 0 Å². The Morgan fingerprint density at radius 3 is 2.00 bits per heavy atom. The number of benzene rings is 1. The lowest BCUT2D eigenvalue weighted by Gasteiger charge is -2.28. The second kappa shape index (κ2) is 4.10. The highest BCUT2D eigenvalue weighted by Gasteiger charge is 2.25. The third-order valence-corrected chi connectivity index (χ3v) is 6.75. The molecule has 1 heteroatoms. The third-order valence-electron chi connectivity index (χ3n) is 2.66. The fourth-order valence-corrected chi connectivity index (χ4v) is 5.42. The molecule has 0 heterocycles. The minimum atomic E-state index is -0.760. The van der Waals surface area contributed by atoms with E-state index >= 15 is 0 Å². The molecule has 0 amide bonds. The van der Waals surface area contributed by atoms with Gasteiger partial charge in [-0.2, -0.15) is 0 Å². The predicted molar refractivity (Wildman–Crippen MR) is 63.4 cm³/mol. The molecule has 1 aromatic rings. The van der Waals surface area contributed by atoms with Crippen LogP contribution in [0.4, 0.5) is 0 Å². The summed E-state index contributed by atoms with van der Waals surface area (Å²) < 4.78 is 0. The molecule has 0 bridgehead atoms. The lowest BCUT2D eigenvalue weighted by atomic mass is 10.2. The minimum absolute atomic E-state index is 0.510. The zero-order valence-electron chi connectivity index (χ0n) is 9.17. The minimum Gasteiger partial charge on any atom is -0.0677 e. The highest BCUT2D eigenvalue weighted by molar-refractivity contribution is 6.75. The largest absolute Gasteiger partial charge is 0.0758 e. The van der Waals surface area contributed by atoms with Crippen molar-refractivity contribution >= 4 is 14.0 Å². The van der Waals surface area contributed by atoms with Crippen molar-refractivity contribution in [1.29, 1.82) is 0 Å². The summed E-state index contributed by atoms with van der Waals surface area (Å²) in [6.07, 6.45) is 0. The second-order valence-electron chi connectivity index (χ2n) is 4.74. The lowest BCUT2D eigenvalue weighted by Crippen LogP contribution is -2.37. The molecule has 0 N–H and O–H groups in total. The Morgan fingerprint density at radius 1 is 1.08 bits per heavy atom. The van der Waals surface area contributed by atoms with Crippen LogP contribution >= 0.6 is 0 Å². The van der Waals surface area contributed by atoms with E-state index in [1.807, 2.05) is 0 Å². The Bertz CT molecular complexity index is 246. The first kappa shape index (κ1) is 10.5. The molecule has 0 aliphatic carbocycles. The molecule has 0 nitrogen and oxygen atoms in total. The van der Waals surface area contributed by atoms with Crippen molar-refractivity contribution in [2.75, 3.05) is 0 Å². The van der Waals surface area contributed by atoms with E-state index in [9.17, 15) is 0 Å². The monoisotopic (exact) mass is 192 g/mol. The summed E-state index contributed by atoms with van der Waals surface area (Å²) in [5, 5.41) is 2.12. The Balaban J connectivity index is 2.92. The summed E-state index contributed by atoms with van der Waals surface area (Å²) in [6, 6.07) is 12.4. The molecule has 0 saturated carbocycles. The zero-order chi connectivity index (χ0) is 9.90. The van der Waals surface area contributed by atoms with Gasteiger partial charge >= 0.3 is 0 Å². The molecule has 0 saturated heterocycles. The van der Waals surface area contributed by atoms with Gasteiger partial charge in [-0.05, 0) is 5.04 Å². The van der Waals surface area contributed by atoms with E-state index in [4.69, 9.17) is 0 Å². The Morgan fingerprint density at radius 2 is 1.62 bits per heavy atom. The van der Waals surface area contributed by atoms with Gasteiger partial charge in [0.05, 0.1) is 8.80 Å². The molecule has 13 heavy (non-hydrogen) atoms. The second-order valence-corrected chi connectivity index (χ2v) is 9.06. The summed E-state index contributed by atoms with van der Waals surface area (Å²) in [4.78, 5) is 0. The van der Waals surface area contributed by atoms with Gasteiger partial charge in [0.1, 0.15) is 0 Å². The van der Waals surface area contributed by atoms with Crippen LogP contribution in [-0.2, 0) is 0 Å². The fourth-order valence-electron chi connectivity index (χ4n) is 2.03. The van der Waals surface area contributed by atoms with Gasteiger partial charge in [-0.15, -0.1) is 0 Å². The van der Waals surface area contributed by atoms with Gasteiger partial charge in [-0.3, -0.25) is 0 Å². The van der Waals surface area contributed by atoms with Gasteiger partial charge in [-0.1, -0.05) is 69.3 Å². The zero-order valence-corrected chi connectivity index (χ0v) is 10.3. The van der Waals surface area contributed by atoms with E-state index < -0.39 is 8.80 Å². The van der Waals surface area contributed by atoms with Crippen LogP contribution in [0, 0.1) is 0 Å². The molecule has 0 radical (unpaired) electrons. The third kappa shape index (κ3) is 2.70. The Hall–Kier alpha value is -0.563. The SMILES string of the molecule is CC[SiH](c1ccccc1)C(C)(C)C. The number of hydrogen-bond donors (Lipinski definition) is 0. The summed E-state index contributed by atoms with van der Waals surface area (Å²) >= 11 is 0.